The van der Waals surface area contributed by atoms with E-state index in [1.54, 1.807) is 55.7 Å². The summed E-state index contributed by atoms with van der Waals surface area (Å²) in [5, 5.41) is 11.1. The summed E-state index contributed by atoms with van der Waals surface area (Å²) >= 11 is 0. The number of rotatable bonds is 4. The molecule has 1 amide bonds. The van der Waals surface area contributed by atoms with Gasteiger partial charge in [-0.05, 0) is 49.4 Å². The number of carbonyl (C=O) groups excluding carboxylic acids is 1. The van der Waals surface area contributed by atoms with Crippen LogP contribution in [-0.2, 0) is 0 Å². The first-order chi connectivity index (χ1) is 14.6. The molecule has 8 nitrogen and oxygen atoms in total. The standard InChI is InChI=1S/C21H14FN5O3/c1-12-19-14(11-16(18-4-2-9-29-18)25-21(19)30-26-12)20(28)24-13-5-6-17(15(22)10-13)27-8-3-7-23-27/h2-11H,1H3,(H,24,28). The van der Waals surface area contributed by atoms with E-state index in [0.29, 0.717) is 33.8 Å². The van der Waals surface area contributed by atoms with Gasteiger partial charge in [0, 0.05) is 18.1 Å². The number of nitrogens with one attached hydrogen (secondary N) is 1. The summed E-state index contributed by atoms with van der Waals surface area (Å²) in [6.07, 6.45) is 4.70. The van der Waals surface area contributed by atoms with Crippen LogP contribution in [0.25, 0.3) is 28.2 Å². The number of anilines is 1. The lowest BCUT2D eigenvalue weighted by atomic mass is 10.1. The first kappa shape index (κ1) is 17.8. The maximum Gasteiger partial charge on any atom is 0.259 e. The molecule has 0 aliphatic rings. The van der Waals surface area contributed by atoms with Crippen molar-refractivity contribution < 1.29 is 18.1 Å². The number of furan rings is 1. The maximum absolute atomic E-state index is 14.5. The van der Waals surface area contributed by atoms with E-state index >= 15 is 0 Å². The molecule has 5 rings (SSSR count). The molecule has 0 radical (unpaired) electrons. The maximum atomic E-state index is 14.5. The van der Waals surface area contributed by atoms with Gasteiger partial charge in [-0.15, -0.1) is 0 Å². The molecule has 9 heteroatoms. The van der Waals surface area contributed by atoms with E-state index < -0.39 is 11.7 Å². The van der Waals surface area contributed by atoms with Crippen LogP contribution in [0.4, 0.5) is 10.1 Å². The highest BCUT2D eigenvalue weighted by atomic mass is 19.1. The van der Waals surface area contributed by atoms with E-state index in [-0.39, 0.29) is 11.4 Å². The van der Waals surface area contributed by atoms with Crippen LogP contribution in [0.5, 0.6) is 0 Å². The van der Waals surface area contributed by atoms with Crippen molar-refractivity contribution >= 4 is 22.7 Å². The van der Waals surface area contributed by atoms with Crippen molar-refractivity contribution in [3.05, 3.63) is 78.2 Å². The minimum atomic E-state index is -0.520. The number of fused-ring (bicyclic) bond motifs is 1. The van der Waals surface area contributed by atoms with Crippen molar-refractivity contribution in [3.63, 3.8) is 0 Å². The van der Waals surface area contributed by atoms with Gasteiger partial charge in [0.05, 0.1) is 22.9 Å². The van der Waals surface area contributed by atoms with Crippen molar-refractivity contribution in [3.8, 4) is 17.1 Å². The predicted octanol–water partition coefficient (Wildman–Crippen LogP) is 4.37. The summed E-state index contributed by atoms with van der Waals surface area (Å²) in [6, 6.07) is 11.1. The Labute approximate surface area is 168 Å². The SMILES string of the molecule is Cc1noc2nc(-c3ccco3)cc(C(=O)Nc3ccc(-n4cccn4)c(F)c3)c12. The second kappa shape index (κ2) is 6.96. The Bertz CT molecular complexity index is 1360. The van der Waals surface area contributed by atoms with E-state index in [1.165, 1.54) is 17.0 Å². The zero-order chi connectivity index (χ0) is 20.7. The Balaban J connectivity index is 1.52. The fourth-order valence-electron chi connectivity index (χ4n) is 3.20. The third-order valence-electron chi connectivity index (χ3n) is 4.59. The molecule has 0 fully saturated rings. The molecule has 4 heterocycles. The second-order valence-electron chi connectivity index (χ2n) is 6.55. The second-order valence-corrected chi connectivity index (χ2v) is 6.55. The number of pyridine rings is 1. The molecule has 0 aliphatic carbocycles. The Morgan fingerprint density at radius 1 is 1.20 bits per heavy atom. The lowest BCUT2D eigenvalue weighted by Crippen LogP contribution is -2.13. The number of aromatic nitrogens is 4. The van der Waals surface area contributed by atoms with Gasteiger partial charge in [0.2, 0.25) is 0 Å². The van der Waals surface area contributed by atoms with Gasteiger partial charge in [-0.2, -0.15) is 5.10 Å². The smallest absolute Gasteiger partial charge is 0.259 e. The van der Waals surface area contributed by atoms with Crippen molar-refractivity contribution in [1.29, 1.82) is 0 Å². The lowest BCUT2D eigenvalue weighted by Gasteiger charge is -2.09. The van der Waals surface area contributed by atoms with Crippen molar-refractivity contribution in [2.75, 3.05) is 5.32 Å². The molecule has 0 atom stereocenters. The summed E-state index contributed by atoms with van der Waals surface area (Å²) in [7, 11) is 0. The molecule has 148 valence electrons. The van der Waals surface area contributed by atoms with Gasteiger partial charge in [0.1, 0.15) is 11.4 Å². The summed E-state index contributed by atoms with van der Waals surface area (Å²) < 4.78 is 26.6. The van der Waals surface area contributed by atoms with Crippen LogP contribution in [0, 0.1) is 12.7 Å². The van der Waals surface area contributed by atoms with Crippen LogP contribution in [0.15, 0.2) is 70.1 Å². The molecule has 5 aromatic rings. The predicted molar refractivity (Wildman–Crippen MR) is 106 cm³/mol. The average Bonchev–Trinajstić information content (AvgIpc) is 3.50. The molecule has 0 spiro atoms. The molecule has 4 aromatic heterocycles. The van der Waals surface area contributed by atoms with Gasteiger partial charge in [-0.3, -0.25) is 4.79 Å². The number of nitrogens with zero attached hydrogens (tertiary/aromatic N) is 4. The zero-order valence-corrected chi connectivity index (χ0v) is 15.7. The monoisotopic (exact) mass is 403 g/mol. The highest BCUT2D eigenvalue weighted by Crippen LogP contribution is 2.28. The molecule has 0 unspecified atom stereocenters. The number of benzene rings is 1. The molecule has 30 heavy (non-hydrogen) atoms. The Kier molecular flexibility index (Phi) is 4.13. The Morgan fingerprint density at radius 2 is 2.10 bits per heavy atom. The first-order valence-electron chi connectivity index (χ1n) is 9.02. The van der Waals surface area contributed by atoms with Crippen LogP contribution in [0.1, 0.15) is 16.1 Å². The number of amides is 1. The van der Waals surface area contributed by atoms with Gasteiger partial charge >= 0.3 is 0 Å². The van der Waals surface area contributed by atoms with Crippen molar-refractivity contribution in [1.82, 2.24) is 19.9 Å². The van der Waals surface area contributed by atoms with Crippen LogP contribution in [0.3, 0.4) is 0 Å². The number of hydrogen-bond acceptors (Lipinski definition) is 6. The number of carbonyl (C=O) groups is 1. The van der Waals surface area contributed by atoms with E-state index in [9.17, 15) is 9.18 Å². The summed E-state index contributed by atoms with van der Waals surface area (Å²) in [6.45, 7) is 1.72. The largest absolute Gasteiger partial charge is 0.463 e. The quantitative estimate of drug-likeness (QED) is 0.478. The molecule has 1 N–H and O–H groups in total. The van der Waals surface area contributed by atoms with E-state index in [0.717, 1.165) is 0 Å². The topological polar surface area (TPSA) is 99.0 Å². The fraction of sp³-hybridized carbons (Fsp3) is 0.0476. The van der Waals surface area contributed by atoms with E-state index in [1.807, 2.05) is 0 Å². The van der Waals surface area contributed by atoms with Gasteiger partial charge in [0.25, 0.3) is 11.6 Å². The number of halogens is 1. The molecule has 0 saturated carbocycles. The highest BCUT2D eigenvalue weighted by Gasteiger charge is 2.20. The van der Waals surface area contributed by atoms with E-state index in [4.69, 9.17) is 8.94 Å². The van der Waals surface area contributed by atoms with Crippen molar-refractivity contribution in [2.24, 2.45) is 0 Å². The fourth-order valence-corrected chi connectivity index (χ4v) is 3.20. The van der Waals surface area contributed by atoms with Gasteiger partial charge in [-0.25, -0.2) is 14.1 Å². The van der Waals surface area contributed by atoms with Crippen LogP contribution < -0.4 is 5.32 Å². The van der Waals surface area contributed by atoms with Crippen LogP contribution in [-0.4, -0.2) is 25.8 Å². The number of aryl methyl sites for hydroxylation is 1. The summed E-state index contributed by atoms with van der Waals surface area (Å²) in [5.41, 5.74) is 2.03. The molecule has 0 aliphatic heterocycles. The van der Waals surface area contributed by atoms with Gasteiger partial charge in [-0.1, -0.05) is 5.16 Å². The molecule has 0 saturated heterocycles. The minimum absolute atomic E-state index is 0.215. The third-order valence-corrected chi connectivity index (χ3v) is 4.59. The average molecular weight is 403 g/mol. The Hall–Kier alpha value is -4.27. The highest BCUT2D eigenvalue weighted by molar-refractivity contribution is 6.13. The van der Waals surface area contributed by atoms with E-state index in [2.05, 4.69) is 20.6 Å². The van der Waals surface area contributed by atoms with Crippen LogP contribution in [0.2, 0.25) is 0 Å². The Morgan fingerprint density at radius 3 is 2.83 bits per heavy atom. The number of hydrogen-bond donors (Lipinski definition) is 1. The van der Waals surface area contributed by atoms with Gasteiger partial charge in [0.15, 0.2) is 11.6 Å². The van der Waals surface area contributed by atoms with Gasteiger partial charge < -0.3 is 14.3 Å². The minimum Gasteiger partial charge on any atom is -0.463 e. The lowest BCUT2D eigenvalue weighted by molar-refractivity contribution is 0.102. The third kappa shape index (κ3) is 3.02. The molecule has 1 aromatic carbocycles. The van der Waals surface area contributed by atoms with Crippen molar-refractivity contribution in [2.45, 2.75) is 6.92 Å². The molecular formula is C21H14FN5O3. The summed E-state index contributed by atoms with van der Waals surface area (Å²) in [4.78, 5) is 17.4. The molecular weight excluding hydrogens is 389 g/mol. The zero-order valence-electron chi connectivity index (χ0n) is 15.7. The summed E-state index contributed by atoms with van der Waals surface area (Å²) in [5.74, 6) is -0.490. The first-order valence-corrected chi connectivity index (χ1v) is 9.02. The van der Waals surface area contributed by atoms with Crippen LogP contribution >= 0.6 is 0 Å². The molecule has 0 bridgehead atoms. The normalized spacial score (nSPS) is 11.1.